The molecule has 0 spiro atoms. The first-order chi connectivity index (χ1) is 16.3. The summed E-state index contributed by atoms with van der Waals surface area (Å²) < 4.78 is 21.1. The molecule has 1 aliphatic heterocycles. The lowest BCUT2D eigenvalue weighted by Crippen LogP contribution is -2.43. The van der Waals surface area contributed by atoms with Gasteiger partial charge in [-0.1, -0.05) is 26.0 Å². The van der Waals surface area contributed by atoms with Crippen molar-refractivity contribution in [3.05, 3.63) is 52.4 Å². The standard InChI is InChI=1S/C26H33NO7/c1-6-11-33-12-13-34-26(30)21-16(3)27-19-14-15(2)20(25(29)32-5)24(28)23(19)22(21)17-7-9-18(31-4)10-8-17/h7-10,15,20,22,27H,6,11-14H2,1-5H3/t15-,20-,22-/m1/s1. The normalized spacial score (nSPS) is 22.1. The number of carbonyl (C=O) groups is 3. The zero-order chi connectivity index (χ0) is 24.8. The number of hydrogen-bond donors (Lipinski definition) is 1. The Kier molecular flexibility index (Phi) is 8.50. The van der Waals surface area contributed by atoms with Crippen molar-refractivity contribution in [2.24, 2.45) is 11.8 Å². The number of allylic oxidation sites excluding steroid dienone is 3. The van der Waals surface area contributed by atoms with Crippen LogP contribution in [0.2, 0.25) is 0 Å². The highest BCUT2D eigenvalue weighted by atomic mass is 16.6. The maximum Gasteiger partial charge on any atom is 0.336 e. The molecule has 3 rings (SSSR count). The second-order valence-electron chi connectivity index (χ2n) is 8.56. The van der Waals surface area contributed by atoms with Gasteiger partial charge in [-0.25, -0.2) is 4.79 Å². The summed E-state index contributed by atoms with van der Waals surface area (Å²) in [7, 11) is 2.85. The van der Waals surface area contributed by atoms with E-state index in [9.17, 15) is 14.4 Å². The molecule has 34 heavy (non-hydrogen) atoms. The molecule has 0 saturated heterocycles. The fourth-order valence-electron chi connectivity index (χ4n) is 4.60. The summed E-state index contributed by atoms with van der Waals surface area (Å²) in [6.45, 7) is 6.64. The third-order valence-corrected chi connectivity index (χ3v) is 6.22. The molecule has 8 nitrogen and oxygen atoms in total. The minimum Gasteiger partial charge on any atom is -0.497 e. The molecule has 0 aromatic heterocycles. The first-order valence-electron chi connectivity index (χ1n) is 11.6. The number of ether oxygens (including phenoxy) is 4. The van der Waals surface area contributed by atoms with Crippen molar-refractivity contribution < 1.29 is 33.3 Å². The molecule has 1 heterocycles. The van der Waals surface area contributed by atoms with Crippen LogP contribution in [0.4, 0.5) is 0 Å². The van der Waals surface area contributed by atoms with E-state index in [1.165, 1.54) is 7.11 Å². The highest BCUT2D eigenvalue weighted by Crippen LogP contribution is 2.45. The van der Waals surface area contributed by atoms with E-state index in [4.69, 9.17) is 18.9 Å². The van der Waals surface area contributed by atoms with Crippen LogP contribution in [-0.2, 0) is 28.6 Å². The average molecular weight is 472 g/mol. The molecule has 0 radical (unpaired) electrons. The number of esters is 2. The molecule has 0 saturated carbocycles. The third-order valence-electron chi connectivity index (χ3n) is 6.22. The largest absolute Gasteiger partial charge is 0.497 e. The van der Waals surface area contributed by atoms with Crippen LogP contribution < -0.4 is 10.1 Å². The predicted molar refractivity (Wildman–Crippen MR) is 125 cm³/mol. The number of carbonyl (C=O) groups excluding carboxylic acids is 3. The molecule has 1 aliphatic carbocycles. The first kappa shape index (κ1) is 25.5. The van der Waals surface area contributed by atoms with Crippen molar-refractivity contribution in [2.45, 2.75) is 39.5 Å². The van der Waals surface area contributed by atoms with Crippen LogP contribution in [0.3, 0.4) is 0 Å². The number of nitrogens with one attached hydrogen (secondary N) is 1. The van der Waals surface area contributed by atoms with Crippen molar-refractivity contribution in [1.29, 1.82) is 0 Å². The van der Waals surface area contributed by atoms with Gasteiger partial charge in [0, 0.05) is 29.5 Å². The molecule has 0 bridgehead atoms. The van der Waals surface area contributed by atoms with Crippen molar-refractivity contribution in [3.8, 4) is 5.75 Å². The minimum atomic E-state index is -0.926. The van der Waals surface area contributed by atoms with E-state index < -0.39 is 23.8 Å². The Balaban J connectivity index is 2.02. The van der Waals surface area contributed by atoms with Gasteiger partial charge >= 0.3 is 11.9 Å². The maximum absolute atomic E-state index is 13.7. The Morgan fingerprint density at radius 3 is 2.41 bits per heavy atom. The van der Waals surface area contributed by atoms with Gasteiger partial charge in [0.15, 0.2) is 5.78 Å². The Morgan fingerprint density at radius 1 is 1.09 bits per heavy atom. The lowest BCUT2D eigenvalue weighted by atomic mass is 9.69. The minimum absolute atomic E-state index is 0.104. The number of Topliss-reactive ketones (excluding diaryl/α,β-unsaturated/α-hetero) is 1. The summed E-state index contributed by atoms with van der Waals surface area (Å²) in [4.78, 5) is 39.4. The van der Waals surface area contributed by atoms with Crippen molar-refractivity contribution >= 4 is 17.7 Å². The Labute approximate surface area is 200 Å². The van der Waals surface area contributed by atoms with Crippen LogP contribution in [0.15, 0.2) is 46.8 Å². The van der Waals surface area contributed by atoms with Crippen LogP contribution in [0.25, 0.3) is 0 Å². The zero-order valence-corrected chi connectivity index (χ0v) is 20.4. The van der Waals surface area contributed by atoms with Crippen molar-refractivity contribution in [2.75, 3.05) is 34.0 Å². The van der Waals surface area contributed by atoms with Crippen molar-refractivity contribution in [1.82, 2.24) is 5.32 Å². The second-order valence-corrected chi connectivity index (χ2v) is 8.56. The smallest absolute Gasteiger partial charge is 0.336 e. The Hall–Kier alpha value is -3.13. The molecule has 0 amide bonds. The fourth-order valence-corrected chi connectivity index (χ4v) is 4.60. The van der Waals surface area contributed by atoms with E-state index in [1.807, 2.05) is 26.0 Å². The Morgan fingerprint density at radius 2 is 1.79 bits per heavy atom. The highest BCUT2D eigenvalue weighted by molar-refractivity contribution is 6.12. The predicted octanol–water partition coefficient (Wildman–Crippen LogP) is 3.28. The van der Waals surface area contributed by atoms with E-state index in [-0.39, 0.29) is 18.3 Å². The molecule has 3 atom stereocenters. The van der Waals surface area contributed by atoms with Crippen LogP contribution in [0.5, 0.6) is 5.75 Å². The molecule has 0 unspecified atom stereocenters. The van der Waals surface area contributed by atoms with Crippen LogP contribution >= 0.6 is 0 Å². The highest BCUT2D eigenvalue weighted by Gasteiger charge is 2.47. The fraction of sp³-hybridized carbons (Fsp3) is 0.500. The molecule has 1 N–H and O–H groups in total. The summed E-state index contributed by atoms with van der Waals surface area (Å²) >= 11 is 0. The van der Waals surface area contributed by atoms with E-state index in [0.29, 0.717) is 42.2 Å². The van der Waals surface area contributed by atoms with E-state index in [1.54, 1.807) is 26.2 Å². The zero-order valence-electron chi connectivity index (χ0n) is 20.4. The molecule has 1 aromatic carbocycles. The van der Waals surface area contributed by atoms with E-state index in [2.05, 4.69) is 5.32 Å². The first-order valence-corrected chi connectivity index (χ1v) is 11.6. The quantitative estimate of drug-likeness (QED) is 0.333. The van der Waals surface area contributed by atoms with Gasteiger partial charge in [0.1, 0.15) is 18.3 Å². The lowest BCUT2D eigenvalue weighted by Gasteiger charge is -2.38. The van der Waals surface area contributed by atoms with Crippen LogP contribution in [-0.4, -0.2) is 51.8 Å². The summed E-state index contributed by atoms with van der Waals surface area (Å²) in [5.41, 5.74) is 2.81. The van der Waals surface area contributed by atoms with Gasteiger partial charge in [-0.2, -0.15) is 0 Å². The van der Waals surface area contributed by atoms with Gasteiger partial charge in [-0.05, 0) is 43.4 Å². The van der Waals surface area contributed by atoms with E-state index in [0.717, 1.165) is 17.7 Å². The summed E-state index contributed by atoms with van der Waals surface area (Å²) in [6.07, 6.45) is 1.36. The lowest BCUT2D eigenvalue weighted by molar-refractivity contribution is -0.151. The number of ketones is 1. The van der Waals surface area contributed by atoms with Gasteiger partial charge < -0.3 is 24.3 Å². The summed E-state index contributed by atoms with van der Waals surface area (Å²) in [5, 5.41) is 3.25. The third kappa shape index (κ3) is 5.17. The summed E-state index contributed by atoms with van der Waals surface area (Å²) in [6, 6.07) is 7.20. The van der Waals surface area contributed by atoms with Gasteiger partial charge in [0.25, 0.3) is 0 Å². The van der Waals surface area contributed by atoms with Crippen LogP contribution in [0, 0.1) is 11.8 Å². The molecular formula is C26H33NO7. The van der Waals surface area contributed by atoms with Gasteiger partial charge in [0.05, 0.1) is 26.4 Å². The topological polar surface area (TPSA) is 100 Å². The monoisotopic (exact) mass is 471 g/mol. The molecule has 1 aromatic rings. The molecular weight excluding hydrogens is 438 g/mol. The molecule has 8 heteroatoms. The molecule has 184 valence electrons. The number of methoxy groups -OCH3 is 2. The van der Waals surface area contributed by atoms with E-state index >= 15 is 0 Å². The van der Waals surface area contributed by atoms with Gasteiger partial charge in [0.2, 0.25) is 0 Å². The van der Waals surface area contributed by atoms with Gasteiger partial charge in [-0.3, -0.25) is 9.59 Å². The van der Waals surface area contributed by atoms with Gasteiger partial charge in [-0.15, -0.1) is 0 Å². The number of rotatable bonds is 9. The number of benzene rings is 1. The number of dihydropyridines is 1. The summed E-state index contributed by atoms with van der Waals surface area (Å²) in [5.74, 6) is -2.62. The second kappa shape index (κ2) is 11.3. The maximum atomic E-state index is 13.7. The van der Waals surface area contributed by atoms with Crippen LogP contribution in [0.1, 0.15) is 45.1 Å². The SMILES string of the molecule is CCCOCCOC(=O)C1=C(C)NC2=C(C(=O)[C@H](C(=O)OC)[C@H](C)C2)[C@@H]1c1ccc(OC)cc1. The number of hydrogen-bond acceptors (Lipinski definition) is 8. The molecule has 0 fully saturated rings. The van der Waals surface area contributed by atoms with Crippen molar-refractivity contribution in [3.63, 3.8) is 0 Å². The average Bonchev–Trinajstić information content (AvgIpc) is 2.82. The molecule has 2 aliphatic rings. The Bertz CT molecular complexity index is 993.